The van der Waals surface area contributed by atoms with Gasteiger partial charge in [0.05, 0.1) is 12.1 Å². The summed E-state index contributed by atoms with van der Waals surface area (Å²) in [6.07, 6.45) is 5.39. The van der Waals surface area contributed by atoms with E-state index in [0.717, 1.165) is 44.2 Å². The second-order valence-electron chi connectivity index (χ2n) is 7.58. The molecule has 1 aromatic rings. The number of carbonyl (C=O) groups is 2. The van der Waals surface area contributed by atoms with Crippen LogP contribution in [0.4, 0.5) is 4.39 Å². The summed E-state index contributed by atoms with van der Waals surface area (Å²) in [5.74, 6) is -0.0883. The number of fused-ring (bicyclic) bond motifs is 1. The number of carbonyl (C=O) groups excluding carboxylic acids is 2. The second-order valence-corrected chi connectivity index (χ2v) is 7.58. The number of nitrogens with zero attached hydrogens (tertiary/aromatic N) is 2. The van der Waals surface area contributed by atoms with Gasteiger partial charge in [-0.1, -0.05) is 31.9 Å². The largest absolute Gasteiger partial charge is 0.337 e. The second kappa shape index (κ2) is 8.19. The number of halogens is 1. The molecule has 5 heteroatoms. The molecule has 2 aliphatic rings. The molecule has 0 saturated carbocycles. The first-order valence-corrected chi connectivity index (χ1v) is 9.85. The van der Waals surface area contributed by atoms with Crippen molar-refractivity contribution < 1.29 is 14.0 Å². The predicted molar refractivity (Wildman–Crippen MR) is 99.2 cm³/mol. The van der Waals surface area contributed by atoms with Gasteiger partial charge in [-0.2, -0.15) is 0 Å². The number of benzene rings is 1. The van der Waals surface area contributed by atoms with Gasteiger partial charge < -0.3 is 9.80 Å². The van der Waals surface area contributed by atoms with Crippen LogP contribution in [0, 0.1) is 5.82 Å². The lowest BCUT2D eigenvalue weighted by molar-refractivity contribution is -0.136. The van der Waals surface area contributed by atoms with Crippen LogP contribution < -0.4 is 0 Å². The van der Waals surface area contributed by atoms with Gasteiger partial charge in [0.1, 0.15) is 5.82 Å². The van der Waals surface area contributed by atoms with E-state index in [1.807, 2.05) is 22.8 Å². The summed E-state index contributed by atoms with van der Waals surface area (Å²) in [5, 5.41) is 0. The average molecular weight is 360 g/mol. The van der Waals surface area contributed by atoms with Crippen molar-refractivity contribution in [2.24, 2.45) is 0 Å². The summed E-state index contributed by atoms with van der Waals surface area (Å²) in [4.78, 5) is 29.1. The fraction of sp³-hybridized carbons (Fsp3) is 0.619. The zero-order chi connectivity index (χ0) is 18.7. The summed E-state index contributed by atoms with van der Waals surface area (Å²) < 4.78 is 13.9. The Morgan fingerprint density at radius 2 is 2.00 bits per heavy atom. The molecule has 2 saturated heterocycles. The molecule has 0 N–H and O–H groups in total. The quantitative estimate of drug-likeness (QED) is 0.824. The van der Waals surface area contributed by atoms with Crippen molar-refractivity contribution in [3.8, 4) is 0 Å². The lowest BCUT2D eigenvalue weighted by Crippen LogP contribution is -2.51. The molecule has 0 spiro atoms. The molecule has 2 heterocycles. The van der Waals surface area contributed by atoms with Crippen LogP contribution in [-0.4, -0.2) is 46.8 Å². The molecule has 0 bridgehead atoms. The third-order valence-corrected chi connectivity index (χ3v) is 5.82. The first-order valence-electron chi connectivity index (χ1n) is 9.85. The first kappa shape index (κ1) is 18.9. The normalized spacial score (nSPS) is 26.2. The Morgan fingerprint density at radius 1 is 1.19 bits per heavy atom. The van der Waals surface area contributed by atoms with E-state index < -0.39 is 0 Å². The number of hydrogen-bond acceptors (Lipinski definition) is 2. The topological polar surface area (TPSA) is 40.6 Å². The fourth-order valence-corrected chi connectivity index (χ4v) is 4.67. The molecule has 0 aromatic heterocycles. The molecule has 26 heavy (non-hydrogen) atoms. The summed E-state index contributed by atoms with van der Waals surface area (Å²) >= 11 is 0. The Labute approximate surface area is 155 Å². The van der Waals surface area contributed by atoms with Crippen molar-refractivity contribution in [2.75, 3.05) is 13.1 Å². The van der Waals surface area contributed by atoms with Gasteiger partial charge in [0.2, 0.25) is 11.8 Å². The molecular weight excluding hydrogens is 331 g/mol. The zero-order valence-electron chi connectivity index (χ0n) is 15.8. The molecule has 3 atom stereocenters. The van der Waals surface area contributed by atoms with Crippen molar-refractivity contribution >= 4 is 11.8 Å². The van der Waals surface area contributed by atoms with E-state index in [1.54, 1.807) is 19.1 Å². The third kappa shape index (κ3) is 3.76. The van der Waals surface area contributed by atoms with E-state index in [2.05, 4.69) is 0 Å². The lowest BCUT2D eigenvalue weighted by Gasteiger charge is -2.38. The molecule has 2 amide bonds. The van der Waals surface area contributed by atoms with Crippen molar-refractivity contribution in [1.29, 1.82) is 0 Å². The van der Waals surface area contributed by atoms with Gasteiger partial charge in [-0.25, -0.2) is 4.39 Å². The Bertz CT molecular complexity index is 663. The fourth-order valence-electron chi connectivity index (χ4n) is 4.67. The van der Waals surface area contributed by atoms with Gasteiger partial charge in [-0.05, 0) is 37.0 Å². The van der Waals surface area contributed by atoms with Crippen LogP contribution in [0.5, 0.6) is 0 Å². The van der Waals surface area contributed by atoms with Crippen molar-refractivity contribution in [3.63, 3.8) is 0 Å². The molecule has 0 aliphatic carbocycles. The van der Waals surface area contributed by atoms with E-state index >= 15 is 0 Å². The number of rotatable bonds is 3. The highest BCUT2D eigenvalue weighted by Crippen LogP contribution is 2.39. The molecule has 2 aliphatic heterocycles. The van der Waals surface area contributed by atoms with Crippen molar-refractivity contribution in [1.82, 2.24) is 9.80 Å². The molecule has 0 radical (unpaired) electrons. The summed E-state index contributed by atoms with van der Waals surface area (Å²) in [7, 11) is 0. The van der Waals surface area contributed by atoms with Gasteiger partial charge in [0.15, 0.2) is 0 Å². The van der Waals surface area contributed by atoms with Gasteiger partial charge in [-0.15, -0.1) is 0 Å². The monoisotopic (exact) mass is 360 g/mol. The van der Waals surface area contributed by atoms with E-state index in [4.69, 9.17) is 0 Å². The SMILES string of the molecule is CCCC(=O)N1C[C@@H](c2cccc(F)c2)[C@H]2[C@H]1CCCCCN2C(C)=O. The summed E-state index contributed by atoms with van der Waals surface area (Å²) in [6, 6.07) is 6.62. The van der Waals surface area contributed by atoms with Crippen LogP contribution in [0.2, 0.25) is 0 Å². The van der Waals surface area contributed by atoms with E-state index in [1.165, 1.54) is 6.07 Å². The maximum atomic E-state index is 13.9. The number of likely N-dealkylation sites (tertiary alicyclic amines) is 2. The third-order valence-electron chi connectivity index (χ3n) is 5.82. The van der Waals surface area contributed by atoms with Crippen LogP contribution in [0.25, 0.3) is 0 Å². The van der Waals surface area contributed by atoms with Gasteiger partial charge in [-0.3, -0.25) is 9.59 Å². The molecule has 3 rings (SSSR count). The van der Waals surface area contributed by atoms with E-state index in [-0.39, 0.29) is 35.6 Å². The highest BCUT2D eigenvalue weighted by molar-refractivity contribution is 5.78. The summed E-state index contributed by atoms with van der Waals surface area (Å²) in [5.41, 5.74) is 0.888. The molecular formula is C21H29FN2O2. The smallest absolute Gasteiger partial charge is 0.222 e. The number of amides is 2. The minimum atomic E-state index is -0.266. The molecule has 2 fully saturated rings. The van der Waals surface area contributed by atoms with Gasteiger partial charge >= 0.3 is 0 Å². The Kier molecular flexibility index (Phi) is 5.94. The first-order chi connectivity index (χ1) is 12.5. The molecule has 4 nitrogen and oxygen atoms in total. The minimum Gasteiger partial charge on any atom is -0.337 e. The van der Waals surface area contributed by atoms with Gasteiger partial charge in [0, 0.05) is 32.4 Å². The van der Waals surface area contributed by atoms with E-state index in [9.17, 15) is 14.0 Å². The van der Waals surface area contributed by atoms with Crippen LogP contribution in [0.1, 0.15) is 63.9 Å². The highest BCUT2D eigenvalue weighted by atomic mass is 19.1. The van der Waals surface area contributed by atoms with Gasteiger partial charge in [0.25, 0.3) is 0 Å². The van der Waals surface area contributed by atoms with Crippen molar-refractivity contribution in [3.05, 3.63) is 35.6 Å². The van der Waals surface area contributed by atoms with Crippen LogP contribution in [-0.2, 0) is 9.59 Å². The lowest BCUT2D eigenvalue weighted by atomic mass is 9.86. The maximum Gasteiger partial charge on any atom is 0.222 e. The standard InChI is InChI=1S/C21H29FN2O2/c1-3-8-20(26)24-14-18(16-9-7-10-17(22)13-16)21-19(24)11-5-4-6-12-23(21)15(2)25/h7,9-10,13,18-19,21H,3-6,8,11-12,14H2,1-2H3/t18-,19+,21-/m0/s1. The Morgan fingerprint density at radius 3 is 2.69 bits per heavy atom. The molecule has 0 unspecified atom stereocenters. The average Bonchev–Trinajstić information content (AvgIpc) is 2.93. The highest BCUT2D eigenvalue weighted by Gasteiger charge is 2.47. The molecule has 1 aromatic carbocycles. The Hall–Kier alpha value is -1.91. The van der Waals surface area contributed by atoms with Crippen LogP contribution >= 0.6 is 0 Å². The van der Waals surface area contributed by atoms with Crippen LogP contribution in [0.15, 0.2) is 24.3 Å². The maximum absolute atomic E-state index is 13.9. The van der Waals surface area contributed by atoms with E-state index in [0.29, 0.717) is 13.0 Å². The molecule has 142 valence electrons. The summed E-state index contributed by atoms with van der Waals surface area (Å²) in [6.45, 7) is 4.91. The predicted octanol–water partition coefficient (Wildman–Crippen LogP) is 3.71. The number of hydrogen-bond donors (Lipinski definition) is 0. The van der Waals surface area contributed by atoms with Crippen LogP contribution in [0.3, 0.4) is 0 Å². The van der Waals surface area contributed by atoms with Crippen molar-refractivity contribution in [2.45, 2.75) is 70.4 Å². The zero-order valence-corrected chi connectivity index (χ0v) is 15.8. The Balaban J connectivity index is 2.01. The minimum absolute atomic E-state index is 0.0292.